The van der Waals surface area contributed by atoms with Crippen molar-refractivity contribution in [2.45, 2.75) is 45.0 Å². The Balaban J connectivity index is 2.21. The molecule has 0 aromatic rings. The Morgan fingerprint density at radius 3 is 2.71 bits per heavy atom. The molecule has 1 aliphatic heterocycles. The van der Waals surface area contributed by atoms with Gasteiger partial charge >= 0.3 is 0 Å². The zero-order valence-corrected chi connectivity index (χ0v) is 8.92. The fourth-order valence-corrected chi connectivity index (χ4v) is 2.15. The Labute approximate surface area is 84.1 Å². The van der Waals surface area contributed by atoms with E-state index < -0.39 is 11.4 Å². The van der Waals surface area contributed by atoms with E-state index >= 15 is 0 Å². The Kier molecular flexibility index (Phi) is 2.05. The van der Waals surface area contributed by atoms with Crippen LogP contribution >= 0.6 is 0 Å². The Morgan fingerprint density at radius 2 is 2.14 bits per heavy atom. The van der Waals surface area contributed by atoms with Crippen LogP contribution in [0, 0.1) is 0 Å². The third-order valence-electron chi connectivity index (χ3n) is 2.84. The van der Waals surface area contributed by atoms with Gasteiger partial charge in [-0.3, -0.25) is 4.79 Å². The molecular weight excluding hydrogens is 180 g/mol. The number of ether oxygens (including phenoxy) is 2. The normalized spacial score (nSPS) is 36.2. The molecule has 0 radical (unpaired) electrons. The number of rotatable bonds is 0. The van der Waals surface area contributed by atoms with Crippen molar-refractivity contribution in [2.75, 3.05) is 6.61 Å². The minimum absolute atomic E-state index is 0.0740. The quantitative estimate of drug-likeness (QED) is 0.554. The molecule has 2 rings (SSSR count). The van der Waals surface area contributed by atoms with Gasteiger partial charge in [-0.05, 0) is 20.8 Å². The molecule has 1 spiro atoms. The highest BCUT2D eigenvalue weighted by Crippen LogP contribution is 2.39. The van der Waals surface area contributed by atoms with Crippen LogP contribution in [0.3, 0.4) is 0 Å². The minimum atomic E-state index is -0.633. The molecule has 0 bridgehead atoms. The molecule has 0 amide bonds. The van der Waals surface area contributed by atoms with Gasteiger partial charge < -0.3 is 9.47 Å². The number of ketones is 1. The topological polar surface area (TPSA) is 35.5 Å². The monoisotopic (exact) mass is 196 g/mol. The van der Waals surface area contributed by atoms with E-state index in [2.05, 4.69) is 6.08 Å². The first-order valence-electron chi connectivity index (χ1n) is 4.97. The fraction of sp³-hybridized carbons (Fsp3) is 0.727. The first kappa shape index (κ1) is 9.87. The molecule has 3 heteroatoms. The highest BCUT2D eigenvalue weighted by atomic mass is 16.7. The highest BCUT2D eigenvalue weighted by molar-refractivity contribution is 5.90. The summed E-state index contributed by atoms with van der Waals surface area (Å²) in [5.41, 5.74) is 0.613. The van der Waals surface area contributed by atoms with Crippen LogP contribution in [-0.2, 0) is 14.3 Å². The molecule has 1 atom stereocenters. The largest absolute Gasteiger partial charge is 0.343 e. The summed E-state index contributed by atoms with van der Waals surface area (Å²) in [5, 5.41) is 0. The molecule has 0 unspecified atom stereocenters. The number of carbonyl (C=O) groups excluding carboxylic acids is 1. The number of Topliss-reactive ketones (excluding diaryl/α,β-unsaturated/α-hetero) is 1. The van der Waals surface area contributed by atoms with E-state index in [1.165, 1.54) is 5.57 Å². The second kappa shape index (κ2) is 2.91. The molecule has 78 valence electrons. The molecule has 2 aliphatic rings. The van der Waals surface area contributed by atoms with Crippen LogP contribution in [0.2, 0.25) is 0 Å². The average Bonchev–Trinajstić information content (AvgIpc) is 2.41. The number of hydrogen-bond donors (Lipinski definition) is 0. The Morgan fingerprint density at radius 1 is 1.43 bits per heavy atom. The van der Waals surface area contributed by atoms with Crippen LogP contribution in [0.1, 0.15) is 33.6 Å². The summed E-state index contributed by atoms with van der Waals surface area (Å²) in [6.07, 6.45) is 3.50. The molecule has 1 heterocycles. The average molecular weight is 196 g/mol. The van der Waals surface area contributed by atoms with E-state index in [0.29, 0.717) is 6.42 Å². The van der Waals surface area contributed by atoms with Gasteiger partial charge in [0, 0.05) is 12.8 Å². The second-order valence-electron chi connectivity index (χ2n) is 4.64. The smallest absolute Gasteiger partial charge is 0.191 e. The zero-order valence-electron chi connectivity index (χ0n) is 8.92. The minimum Gasteiger partial charge on any atom is -0.343 e. The van der Waals surface area contributed by atoms with Gasteiger partial charge in [-0.2, -0.15) is 0 Å². The van der Waals surface area contributed by atoms with Crippen molar-refractivity contribution in [3.05, 3.63) is 11.6 Å². The summed E-state index contributed by atoms with van der Waals surface area (Å²) in [6, 6.07) is 0. The van der Waals surface area contributed by atoms with E-state index in [1.807, 2.05) is 20.8 Å². The van der Waals surface area contributed by atoms with E-state index in [4.69, 9.17) is 9.47 Å². The van der Waals surface area contributed by atoms with E-state index in [1.54, 1.807) is 0 Å². The van der Waals surface area contributed by atoms with Crippen molar-refractivity contribution in [3.63, 3.8) is 0 Å². The highest BCUT2D eigenvalue weighted by Gasteiger charge is 2.49. The standard InChI is InChI=1S/C11H16O3/c1-8-4-5-11(6-8)9(12)7-13-10(2,3)14-11/h4H,5-7H2,1-3H3/t11-/m1/s1. The van der Waals surface area contributed by atoms with Crippen LogP contribution in [0.4, 0.5) is 0 Å². The molecule has 0 saturated carbocycles. The van der Waals surface area contributed by atoms with Crippen molar-refractivity contribution < 1.29 is 14.3 Å². The van der Waals surface area contributed by atoms with Gasteiger partial charge in [0.2, 0.25) is 0 Å². The van der Waals surface area contributed by atoms with Crippen molar-refractivity contribution in [1.29, 1.82) is 0 Å². The summed E-state index contributed by atoms with van der Waals surface area (Å²) in [7, 11) is 0. The molecule has 0 N–H and O–H groups in total. The molecule has 3 nitrogen and oxygen atoms in total. The summed E-state index contributed by atoms with van der Waals surface area (Å²) in [4.78, 5) is 11.8. The molecule has 0 aromatic carbocycles. The predicted molar refractivity (Wildman–Crippen MR) is 51.8 cm³/mol. The Bertz CT molecular complexity index is 304. The third kappa shape index (κ3) is 1.51. The summed E-state index contributed by atoms with van der Waals surface area (Å²) < 4.78 is 11.1. The van der Waals surface area contributed by atoms with Gasteiger partial charge in [0.25, 0.3) is 0 Å². The van der Waals surface area contributed by atoms with Crippen LogP contribution in [-0.4, -0.2) is 23.8 Å². The molecular formula is C11H16O3. The summed E-state index contributed by atoms with van der Waals surface area (Å²) >= 11 is 0. The summed E-state index contributed by atoms with van der Waals surface area (Å²) in [6.45, 7) is 5.92. The molecule has 1 saturated heterocycles. The van der Waals surface area contributed by atoms with Crippen molar-refractivity contribution in [1.82, 2.24) is 0 Å². The van der Waals surface area contributed by atoms with E-state index in [9.17, 15) is 4.79 Å². The maximum Gasteiger partial charge on any atom is 0.191 e. The summed E-state index contributed by atoms with van der Waals surface area (Å²) in [5.74, 6) is -0.559. The third-order valence-corrected chi connectivity index (χ3v) is 2.84. The van der Waals surface area contributed by atoms with Crippen molar-refractivity contribution >= 4 is 5.78 Å². The lowest BCUT2D eigenvalue weighted by Gasteiger charge is -2.41. The lowest BCUT2D eigenvalue weighted by atomic mass is 9.92. The van der Waals surface area contributed by atoms with Gasteiger partial charge in [-0.15, -0.1) is 0 Å². The van der Waals surface area contributed by atoms with Crippen LogP contribution in [0.25, 0.3) is 0 Å². The molecule has 1 fully saturated rings. The van der Waals surface area contributed by atoms with Gasteiger partial charge in [0.05, 0.1) is 0 Å². The van der Waals surface area contributed by atoms with Crippen LogP contribution in [0.5, 0.6) is 0 Å². The molecule has 0 aromatic heterocycles. The number of hydrogen-bond acceptors (Lipinski definition) is 3. The Hall–Kier alpha value is -0.670. The van der Waals surface area contributed by atoms with Gasteiger partial charge in [0.15, 0.2) is 11.6 Å². The fourth-order valence-electron chi connectivity index (χ4n) is 2.15. The van der Waals surface area contributed by atoms with Crippen molar-refractivity contribution in [2.24, 2.45) is 0 Å². The maximum absolute atomic E-state index is 11.8. The van der Waals surface area contributed by atoms with E-state index in [0.717, 1.165) is 6.42 Å². The number of carbonyl (C=O) groups is 1. The SMILES string of the molecule is CC1=CC[C@]2(C1)OC(C)(C)OCC2=O. The van der Waals surface area contributed by atoms with Crippen molar-refractivity contribution in [3.8, 4) is 0 Å². The first-order chi connectivity index (χ1) is 6.44. The lowest BCUT2D eigenvalue weighted by Crippen LogP contribution is -2.54. The molecule has 14 heavy (non-hydrogen) atoms. The second-order valence-corrected chi connectivity index (χ2v) is 4.64. The first-order valence-corrected chi connectivity index (χ1v) is 4.97. The van der Waals surface area contributed by atoms with Crippen LogP contribution in [0.15, 0.2) is 11.6 Å². The van der Waals surface area contributed by atoms with Crippen LogP contribution < -0.4 is 0 Å². The predicted octanol–water partition coefficient (Wildman–Crippen LogP) is 1.82. The lowest BCUT2D eigenvalue weighted by molar-refractivity contribution is -0.286. The maximum atomic E-state index is 11.8. The van der Waals surface area contributed by atoms with Gasteiger partial charge in [-0.1, -0.05) is 11.6 Å². The zero-order chi connectivity index (χ0) is 10.4. The van der Waals surface area contributed by atoms with E-state index in [-0.39, 0.29) is 12.4 Å². The van der Waals surface area contributed by atoms with Gasteiger partial charge in [-0.25, -0.2) is 0 Å². The van der Waals surface area contributed by atoms with Gasteiger partial charge in [0.1, 0.15) is 12.2 Å². The molecule has 1 aliphatic carbocycles.